The molecule has 2 aromatic carbocycles. The number of hydrogen-bond acceptors (Lipinski definition) is 12. The number of carbonyl (C=O) groups is 7. The molecular formula is C40H44ClN5O10S3. The van der Waals surface area contributed by atoms with E-state index >= 15 is 0 Å². The van der Waals surface area contributed by atoms with Crippen LogP contribution in [0.2, 0.25) is 5.02 Å². The zero-order chi connectivity index (χ0) is 42.9. The first-order valence-corrected chi connectivity index (χ1v) is 22.0. The molecule has 0 radical (unpaired) electrons. The first kappa shape index (κ1) is 44.2. The molecule has 5 aliphatic rings. The molecule has 19 heteroatoms. The van der Waals surface area contributed by atoms with Crippen molar-refractivity contribution in [2.24, 2.45) is 11.8 Å². The number of hydrogen-bond donors (Lipinski definition) is 5. The molecule has 59 heavy (non-hydrogen) atoms. The molecule has 8 atom stereocenters. The van der Waals surface area contributed by atoms with E-state index in [0.29, 0.717) is 39.8 Å². The van der Waals surface area contributed by atoms with Gasteiger partial charge in [-0.15, -0.1) is 23.5 Å². The predicted molar refractivity (Wildman–Crippen MR) is 224 cm³/mol. The minimum atomic E-state index is -1.22. The molecule has 0 spiro atoms. The zero-order valence-corrected chi connectivity index (χ0v) is 35.7. The number of carboxylic acid groups (broad SMARTS) is 2. The fourth-order valence-corrected chi connectivity index (χ4v) is 11.7. The van der Waals surface area contributed by atoms with E-state index < -0.39 is 41.3 Å². The van der Waals surface area contributed by atoms with Crippen molar-refractivity contribution in [2.75, 3.05) is 32.1 Å². The Morgan fingerprint density at radius 1 is 0.983 bits per heavy atom. The van der Waals surface area contributed by atoms with Crippen molar-refractivity contribution < 1.29 is 48.9 Å². The van der Waals surface area contributed by atoms with Gasteiger partial charge in [0.25, 0.3) is 5.91 Å². The van der Waals surface area contributed by atoms with Crippen LogP contribution in [-0.2, 0) is 35.2 Å². The molecule has 4 amide bonds. The van der Waals surface area contributed by atoms with Crippen LogP contribution in [0.25, 0.3) is 0 Å². The van der Waals surface area contributed by atoms with Crippen LogP contribution in [0, 0.1) is 11.8 Å². The van der Waals surface area contributed by atoms with E-state index in [1.54, 1.807) is 74.4 Å². The molecule has 0 unspecified atom stereocenters. The Kier molecular flexibility index (Phi) is 13.9. The third kappa shape index (κ3) is 9.22. The number of halogens is 1. The first-order chi connectivity index (χ1) is 28.0. The number of aliphatic carboxylic acids is 2. The van der Waals surface area contributed by atoms with Gasteiger partial charge in [-0.2, -0.15) is 0 Å². The summed E-state index contributed by atoms with van der Waals surface area (Å²) in [5.41, 5.74) is 1.74. The van der Waals surface area contributed by atoms with Gasteiger partial charge in [0.05, 0.1) is 30.5 Å². The number of carbonyl (C=O) groups excluding carboxylic acids is 5. The quantitative estimate of drug-likeness (QED) is 0.194. The van der Waals surface area contributed by atoms with Crippen molar-refractivity contribution in [2.45, 2.75) is 61.5 Å². The number of nitrogens with zero attached hydrogens (tertiary/aromatic N) is 3. The lowest BCUT2D eigenvalue weighted by Gasteiger charge is -2.49. The van der Waals surface area contributed by atoms with Gasteiger partial charge in [0.15, 0.2) is 0 Å². The minimum Gasteiger partial charge on any atom is -0.477 e. The van der Waals surface area contributed by atoms with E-state index in [1.165, 1.54) is 33.3 Å². The Bertz CT molecular complexity index is 2100. The highest BCUT2D eigenvalue weighted by molar-refractivity contribution is 8.14. The van der Waals surface area contributed by atoms with Crippen molar-refractivity contribution in [3.63, 3.8) is 0 Å². The monoisotopic (exact) mass is 885 g/mol. The number of fused-ring (bicyclic) bond motifs is 2. The van der Waals surface area contributed by atoms with Crippen molar-refractivity contribution in [3.8, 4) is 0 Å². The van der Waals surface area contributed by atoms with E-state index in [4.69, 9.17) is 11.6 Å². The highest BCUT2D eigenvalue weighted by Crippen LogP contribution is 2.52. The fraction of sp³-hybridized carbons (Fsp3) is 0.425. The van der Waals surface area contributed by atoms with Crippen molar-refractivity contribution in [1.29, 1.82) is 0 Å². The molecule has 0 bridgehead atoms. The summed E-state index contributed by atoms with van der Waals surface area (Å²) in [4.78, 5) is 90.5. The largest absolute Gasteiger partial charge is 0.477 e. The van der Waals surface area contributed by atoms with Gasteiger partial charge in [-0.25, -0.2) is 9.59 Å². The molecule has 0 aliphatic carbocycles. The number of thioether (sulfide) groups is 3. The van der Waals surface area contributed by atoms with Crippen LogP contribution in [0.15, 0.2) is 76.5 Å². The lowest BCUT2D eigenvalue weighted by Crippen LogP contribution is -2.70. The summed E-state index contributed by atoms with van der Waals surface area (Å²) in [7, 11) is 3.42. The average molecular weight is 886 g/mol. The molecule has 3 saturated heterocycles. The number of aliphatic hydroxyl groups is 1. The van der Waals surface area contributed by atoms with Gasteiger partial charge in [0, 0.05) is 58.8 Å². The van der Waals surface area contributed by atoms with Gasteiger partial charge in [-0.1, -0.05) is 72.8 Å². The Morgan fingerprint density at radius 3 is 2.25 bits per heavy atom. The Labute approximate surface area is 358 Å². The maximum atomic E-state index is 12.8. The molecule has 7 rings (SSSR count). The molecule has 15 nitrogen and oxygen atoms in total. The summed E-state index contributed by atoms with van der Waals surface area (Å²) < 4.78 is 0. The number of likely N-dealkylation sites (N-methyl/N-ethyl adjacent to an activating group) is 1. The lowest BCUT2D eigenvalue weighted by atomic mass is 9.79. The average Bonchev–Trinajstić information content (AvgIpc) is 3.76. The van der Waals surface area contributed by atoms with Gasteiger partial charge in [-0.05, 0) is 36.6 Å². The van der Waals surface area contributed by atoms with E-state index in [2.05, 4.69) is 10.6 Å². The summed E-state index contributed by atoms with van der Waals surface area (Å²) in [6.07, 6.45) is -0.104. The molecule has 0 aromatic heterocycles. The second-order valence-corrected chi connectivity index (χ2v) is 18.7. The van der Waals surface area contributed by atoms with E-state index in [-0.39, 0.29) is 69.7 Å². The smallest absolute Gasteiger partial charge is 0.353 e. The van der Waals surface area contributed by atoms with Gasteiger partial charge in [0.1, 0.15) is 22.8 Å². The topological polar surface area (TPSA) is 214 Å². The lowest BCUT2D eigenvalue weighted by molar-refractivity contribution is -0.163. The molecule has 5 aliphatic heterocycles. The predicted octanol–water partition coefficient (Wildman–Crippen LogP) is 2.89. The summed E-state index contributed by atoms with van der Waals surface area (Å²) >= 11 is 9.69. The number of amides is 4. The summed E-state index contributed by atoms with van der Waals surface area (Å²) in [5.74, 6) is -3.62. The van der Waals surface area contributed by atoms with Crippen LogP contribution in [0.1, 0.15) is 36.2 Å². The number of nitrogens with one attached hydrogen (secondary N) is 2. The van der Waals surface area contributed by atoms with Crippen LogP contribution in [0.5, 0.6) is 0 Å². The minimum absolute atomic E-state index is 0.00757. The number of rotatable bonds is 12. The Morgan fingerprint density at radius 2 is 1.64 bits per heavy atom. The third-order valence-corrected chi connectivity index (χ3v) is 14.8. The van der Waals surface area contributed by atoms with Crippen molar-refractivity contribution in [1.82, 2.24) is 25.3 Å². The van der Waals surface area contributed by atoms with Crippen LogP contribution in [-0.4, -0.2) is 138 Å². The highest BCUT2D eigenvalue weighted by Gasteiger charge is 2.60. The third-order valence-electron chi connectivity index (χ3n) is 10.7. The van der Waals surface area contributed by atoms with Crippen molar-refractivity contribution in [3.05, 3.63) is 92.6 Å². The number of carboxylic acids is 2. The molecule has 2 aromatic rings. The SMILES string of the molecule is C[C@@H](O)[C@H]1C(=O)N2C(C(=O)O)=C(S[C@@H]3CN[C@H](C(=O)N(C)C)C3)[C@H](C)[C@H]12.O=C(Cc1ccc(Cl)cc1)N[C@@H]1C(=O)N2C(C(=O)O)=C(CSC(=O)c3ccccc3)CS[C@H]12. The maximum Gasteiger partial charge on any atom is 0.353 e. The number of aliphatic hydroxyl groups excluding tert-OH is 1. The second kappa shape index (κ2) is 18.5. The standard InChI is InChI=1S/C23H19ClN2O5S2.C17H25N3O5S/c24-16-8-6-13(7-9-16)10-17(27)25-18-20(28)26-19(22(29)30)15(11-32-21(18)26)12-33-23(31)14-4-2-1-3-5-14;1-7-12-11(8(2)21)16(23)20(12)13(17(24)25)14(7)26-9-5-10(18-6-9)15(22)19(3)4/h1-9,18,21H,10-12H2,(H,25,27)(H,29,30);7-12,18,21H,5-6H2,1-4H3,(H,24,25)/t18-,21-;7-,8-,9+,10+,11-,12-/m11/s1. The van der Waals surface area contributed by atoms with Crippen LogP contribution < -0.4 is 10.6 Å². The Balaban J connectivity index is 0.000000204. The number of benzene rings is 2. The summed E-state index contributed by atoms with van der Waals surface area (Å²) in [6, 6.07) is 14.2. The van der Waals surface area contributed by atoms with E-state index in [9.17, 15) is 48.9 Å². The van der Waals surface area contributed by atoms with Gasteiger partial charge < -0.3 is 35.8 Å². The van der Waals surface area contributed by atoms with Crippen LogP contribution >= 0.6 is 46.9 Å². The zero-order valence-electron chi connectivity index (χ0n) is 32.5. The summed E-state index contributed by atoms with van der Waals surface area (Å²) in [6.45, 7) is 4.08. The Hall–Kier alpha value is -4.33. The highest BCUT2D eigenvalue weighted by atomic mass is 35.5. The van der Waals surface area contributed by atoms with Crippen LogP contribution in [0.3, 0.4) is 0 Å². The van der Waals surface area contributed by atoms with E-state index in [0.717, 1.165) is 17.3 Å². The molecule has 5 N–H and O–H groups in total. The van der Waals surface area contributed by atoms with Crippen LogP contribution in [0.4, 0.5) is 0 Å². The second-order valence-electron chi connectivity index (χ2n) is 14.9. The van der Waals surface area contributed by atoms with Crippen molar-refractivity contribution >= 4 is 87.6 Å². The van der Waals surface area contributed by atoms with E-state index in [1.807, 2.05) is 13.0 Å². The first-order valence-electron chi connectivity index (χ1n) is 18.8. The van der Waals surface area contributed by atoms with Gasteiger partial charge in [0.2, 0.25) is 22.8 Å². The number of β-lactam (4-membered cyclic amide) rings is 2. The molecular weight excluding hydrogens is 842 g/mol. The molecule has 314 valence electrons. The van der Waals surface area contributed by atoms with Gasteiger partial charge >= 0.3 is 11.9 Å². The summed E-state index contributed by atoms with van der Waals surface area (Å²) in [5, 5.41) is 35.2. The molecule has 0 saturated carbocycles. The fourth-order valence-electron chi connectivity index (χ4n) is 7.77. The van der Waals surface area contributed by atoms with Gasteiger partial charge in [-0.3, -0.25) is 28.9 Å². The molecule has 5 heterocycles. The molecule has 3 fully saturated rings. The maximum absolute atomic E-state index is 12.8. The normalized spacial score (nSPS) is 26.2.